The number of hydrogen-bond acceptors (Lipinski definition) is 5. The molecule has 0 radical (unpaired) electrons. The first-order valence-electron chi connectivity index (χ1n) is 8.19. The summed E-state index contributed by atoms with van der Waals surface area (Å²) in [6, 6.07) is 7.47. The SMILES string of the molecule is CN=C(NCC(C)Oc1ccccc1OC)NC(C)CCS(C)(=O)=O. The van der Waals surface area contributed by atoms with Crippen LogP contribution in [0.25, 0.3) is 0 Å². The monoisotopic (exact) mass is 371 g/mol. The summed E-state index contributed by atoms with van der Waals surface area (Å²) in [7, 11) is 0.316. The first kappa shape index (κ1) is 21.1. The topological polar surface area (TPSA) is 89.0 Å². The van der Waals surface area contributed by atoms with Gasteiger partial charge in [0.15, 0.2) is 17.5 Å². The van der Waals surface area contributed by atoms with Crippen molar-refractivity contribution in [3.05, 3.63) is 24.3 Å². The van der Waals surface area contributed by atoms with Gasteiger partial charge in [0.05, 0.1) is 19.4 Å². The van der Waals surface area contributed by atoms with Crippen LogP contribution in [0.2, 0.25) is 0 Å². The van der Waals surface area contributed by atoms with Crippen molar-refractivity contribution in [2.75, 3.05) is 32.7 Å². The highest BCUT2D eigenvalue weighted by molar-refractivity contribution is 7.90. The molecule has 0 aromatic heterocycles. The van der Waals surface area contributed by atoms with E-state index in [4.69, 9.17) is 9.47 Å². The van der Waals surface area contributed by atoms with Crippen LogP contribution in [-0.4, -0.2) is 59.2 Å². The van der Waals surface area contributed by atoms with Gasteiger partial charge in [-0.1, -0.05) is 12.1 Å². The van der Waals surface area contributed by atoms with Gasteiger partial charge in [-0.3, -0.25) is 4.99 Å². The summed E-state index contributed by atoms with van der Waals surface area (Å²) in [5.41, 5.74) is 0. The van der Waals surface area contributed by atoms with Crippen molar-refractivity contribution in [1.29, 1.82) is 0 Å². The zero-order chi connectivity index (χ0) is 18.9. The van der Waals surface area contributed by atoms with Gasteiger partial charge in [0.1, 0.15) is 15.9 Å². The Bertz CT molecular complexity index is 662. The van der Waals surface area contributed by atoms with E-state index in [1.165, 1.54) is 6.26 Å². The van der Waals surface area contributed by atoms with E-state index in [1.54, 1.807) is 14.2 Å². The second kappa shape index (κ2) is 10.1. The Morgan fingerprint density at radius 1 is 1.24 bits per heavy atom. The van der Waals surface area contributed by atoms with E-state index in [0.29, 0.717) is 30.4 Å². The zero-order valence-electron chi connectivity index (χ0n) is 15.6. The minimum Gasteiger partial charge on any atom is -0.493 e. The van der Waals surface area contributed by atoms with E-state index in [9.17, 15) is 8.42 Å². The maximum Gasteiger partial charge on any atom is 0.191 e. The third kappa shape index (κ3) is 8.62. The Hall–Kier alpha value is -1.96. The lowest BCUT2D eigenvalue weighted by Crippen LogP contribution is -2.45. The lowest BCUT2D eigenvalue weighted by molar-refractivity contribution is 0.213. The third-order valence-electron chi connectivity index (χ3n) is 3.48. The number of para-hydroxylation sites is 2. The Labute approximate surface area is 150 Å². The molecule has 0 fully saturated rings. The zero-order valence-corrected chi connectivity index (χ0v) is 16.4. The van der Waals surface area contributed by atoms with Gasteiger partial charge in [0.25, 0.3) is 0 Å². The molecule has 1 rings (SSSR count). The molecule has 7 nitrogen and oxygen atoms in total. The molecule has 25 heavy (non-hydrogen) atoms. The normalized spacial score (nSPS) is 14.5. The van der Waals surface area contributed by atoms with Crippen LogP contribution in [0.4, 0.5) is 0 Å². The van der Waals surface area contributed by atoms with Crippen LogP contribution in [0, 0.1) is 0 Å². The molecule has 142 valence electrons. The standard InChI is InChI=1S/C17H29N3O4S/c1-13(10-11-25(5,21)22)20-17(18-3)19-12-14(2)24-16-9-7-6-8-15(16)23-4/h6-9,13-14H,10-12H2,1-5H3,(H2,18,19,20). The number of ether oxygens (including phenoxy) is 2. The largest absolute Gasteiger partial charge is 0.493 e. The number of methoxy groups -OCH3 is 1. The number of hydrogen-bond donors (Lipinski definition) is 2. The number of nitrogens with zero attached hydrogens (tertiary/aromatic N) is 1. The number of benzene rings is 1. The van der Waals surface area contributed by atoms with E-state index in [2.05, 4.69) is 15.6 Å². The average molecular weight is 372 g/mol. The summed E-state index contributed by atoms with van der Waals surface area (Å²) in [5, 5.41) is 6.35. The summed E-state index contributed by atoms with van der Waals surface area (Å²) in [6.45, 7) is 4.41. The van der Waals surface area contributed by atoms with Crippen molar-refractivity contribution >= 4 is 15.8 Å². The molecule has 0 heterocycles. The summed E-state index contributed by atoms with van der Waals surface area (Å²) in [5.74, 6) is 2.12. The Balaban J connectivity index is 2.46. The highest BCUT2D eigenvalue weighted by atomic mass is 32.2. The number of sulfone groups is 1. The van der Waals surface area contributed by atoms with Crippen LogP contribution >= 0.6 is 0 Å². The molecule has 1 aromatic rings. The Kier molecular flexibility index (Phi) is 8.54. The molecule has 0 saturated carbocycles. The number of aliphatic imine (C=N–C) groups is 1. The fourth-order valence-corrected chi connectivity index (χ4v) is 2.89. The maximum atomic E-state index is 11.2. The van der Waals surface area contributed by atoms with Gasteiger partial charge < -0.3 is 20.1 Å². The predicted molar refractivity (Wildman–Crippen MR) is 101 cm³/mol. The van der Waals surface area contributed by atoms with E-state index in [-0.39, 0.29) is 17.9 Å². The molecular weight excluding hydrogens is 342 g/mol. The van der Waals surface area contributed by atoms with Crippen molar-refractivity contribution < 1.29 is 17.9 Å². The molecule has 2 unspecified atom stereocenters. The molecule has 0 aliphatic rings. The van der Waals surface area contributed by atoms with Gasteiger partial charge in [0.2, 0.25) is 0 Å². The van der Waals surface area contributed by atoms with E-state index < -0.39 is 9.84 Å². The van der Waals surface area contributed by atoms with Crippen LogP contribution in [-0.2, 0) is 9.84 Å². The fraction of sp³-hybridized carbons (Fsp3) is 0.588. The third-order valence-corrected chi connectivity index (χ3v) is 4.46. The van der Waals surface area contributed by atoms with Crippen LogP contribution in [0.1, 0.15) is 20.3 Å². The second-order valence-electron chi connectivity index (χ2n) is 6.00. The Morgan fingerprint density at radius 2 is 1.88 bits per heavy atom. The molecule has 0 spiro atoms. The van der Waals surface area contributed by atoms with Crippen molar-refractivity contribution in [3.8, 4) is 11.5 Å². The maximum absolute atomic E-state index is 11.2. The molecule has 0 saturated heterocycles. The lowest BCUT2D eigenvalue weighted by atomic mass is 10.3. The van der Waals surface area contributed by atoms with Gasteiger partial charge in [0, 0.05) is 19.3 Å². The summed E-state index contributed by atoms with van der Waals surface area (Å²) in [6.07, 6.45) is 1.65. The summed E-state index contributed by atoms with van der Waals surface area (Å²) >= 11 is 0. The molecule has 8 heteroatoms. The molecule has 2 atom stereocenters. The van der Waals surface area contributed by atoms with Crippen LogP contribution in [0.5, 0.6) is 11.5 Å². The van der Waals surface area contributed by atoms with Gasteiger partial charge in [-0.2, -0.15) is 0 Å². The van der Waals surface area contributed by atoms with Crippen LogP contribution in [0.15, 0.2) is 29.3 Å². The first-order valence-corrected chi connectivity index (χ1v) is 10.3. The van der Waals surface area contributed by atoms with Crippen molar-refractivity contribution in [2.24, 2.45) is 4.99 Å². The lowest BCUT2D eigenvalue weighted by Gasteiger charge is -2.21. The first-order chi connectivity index (χ1) is 11.7. The highest BCUT2D eigenvalue weighted by Crippen LogP contribution is 2.26. The van der Waals surface area contributed by atoms with E-state index >= 15 is 0 Å². The molecule has 0 aliphatic carbocycles. The van der Waals surface area contributed by atoms with Crippen molar-refractivity contribution in [3.63, 3.8) is 0 Å². The molecule has 0 bridgehead atoms. The molecule has 0 amide bonds. The van der Waals surface area contributed by atoms with Crippen molar-refractivity contribution in [1.82, 2.24) is 10.6 Å². The van der Waals surface area contributed by atoms with Gasteiger partial charge in [-0.25, -0.2) is 8.42 Å². The molecule has 0 aliphatic heterocycles. The predicted octanol–water partition coefficient (Wildman–Crippen LogP) is 1.45. The number of nitrogens with one attached hydrogen (secondary N) is 2. The Morgan fingerprint density at radius 3 is 2.44 bits per heavy atom. The van der Waals surface area contributed by atoms with Crippen LogP contribution < -0.4 is 20.1 Å². The number of guanidine groups is 1. The minimum atomic E-state index is -2.96. The van der Waals surface area contributed by atoms with Gasteiger partial charge in [-0.15, -0.1) is 0 Å². The molecule has 2 N–H and O–H groups in total. The van der Waals surface area contributed by atoms with Crippen molar-refractivity contribution in [2.45, 2.75) is 32.4 Å². The quantitative estimate of drug-likeness (QED) is 0.504. The van der Waals surface area contributed by atoms with Gasteiger partial charge >= 0.3 is 0 Å². The average Bonchev–Trinajstić information content (AvgIpc) is 2.56. The van der Waals surface area contributed by atoms with Gasteiger partial charge in [-0.05, 0) is 32.4 Å². The molecular formula is C17H29N3O4S. The summed E-state index contributed by atoms with van der Waals surface area (Å²) < 4.78 is 33.6. The number of rotatable bonds is 9. The van der Waals surface area contributed by atoms with E-state index in [0.717, 1.165) is 0 Å². The highest BCUT2D eigenvalue weighted by Gasteiger charge is 2.12. The second-order valence-corrected chi connectivity index (χ2v) is 8.26. The van der Waals surface area contributed by atoms with E-state index in [1.807, 2.05) is 38.1 Å². The smallest absolute Gasteiger partial charge is 0.191 e. The minimum absolute atomic E-state index is 0.00799. The fourth-order valence-electron chi connectivity index (χ4n) is 2.11. The summed E-state index contributed by atoms with van der Waals surface area (Å²) in [4.78, 5) is 4.15. The molecule has 1 aromatic carbocycles. The van der Waals surface area contributed by atoms with Crippen LogP contribution in [0.3, 0.4) is 0 Å².